The largest absolute Gasteiger partial charge is 0.477 e. The number of carbonyl (C=O) groups is 1. The summed E-state index contributed by atoms with van der Waals surface area (Å²) in [5.74, 6) is 1.59. The maximum absolute atomic E-state index is 11.0. The lowest BCUT2D eigenvalue weighted by Gasteiger charge is -2.18. The Morgan fingerprint density at radius 1 is 1.44 bits per heavy atom. The lowest BCUT2D eigenvalue weighted by Crippen LogP contribution is -2.25. The molecule has 0 unspecified atom stereocenters. The molecule has 1 aliphatic heterocycles. The minimum absolute atomic E-state index is 0.497. The normalized spacial score (nSPS) is 18.2. The third-order valence-corrected chi connectivity index (χ3v) is 4.64. The Morgan fingerprint density at radius 2 is 2.31 bits per heavy atom. The summed E-state index contributed by atoms with van der Waals surface area (Å²) in [6.07, 6.45) is 1.21. The molecule has 2 rings (SSSR count). The summed E-state index contributed by atoms with van der Waals surface area (Å²) in [5, 5.41) is 10.9. The summed E-state index contributed by atoms with van der Waals surface area (Å²) in [5.41, 5.74) is 0.962. The smallest absolute Gasteiger partial charge is 0.346 e. The summed E-state index contributed by atoms with van der Waals surface area (Å²) in [6, 6.07) is 1.94. The van der Waals surface area contributed by atoms with Crippen LogP contribution in [0.1, 0.15) is 21.7 Å². The van der Waals surface area contributed by atoms with Gasteiger partial charge in [0.05, 0.1) is 0 Å². The zero-order valence-electron chi connectivity index (χ0n) is 9.02. The second-order valence-electron chi connectivity index (χ2n) is 3.82. The third kappa shape index (κ3) is 2.99. The number of thiophene rings is 1. The summed E-state index contributed by atoms with van der Waals surface area (Å²) in [7, 11) is 0. The Hall–Kier alpha value is -0.520. The highest BCUT2D eigenvalue weighted by atomic mass is 32.2. The van der Waals surface area contributed by atoms with Crippen LogP contribution in [0.5, 0.6) is 0 Å². The number of aromatic carboxylic acids is 1. The Balaban J connectivity index is 2.01. The molecule has 1 aromatic rings. The van der Waals surface area contributed by atoms with Crippen molar-refractivity contribution in [2.45, 2.75) is 13.0 Å². The van der Waals surface area contributed by atoms with Gasteiger partial charge in [-0.3, -0.25) is 4.90 Å². The Labute approximate surface area is 103 Å². The number of carboxylic acid groups (broad SMARTS) is 1. The molecule has 1 saturated heterocycles. The van der Waals surface area contributed by atoms with E-state index in [1.165, 1.54) is 23.5 Å². The Bertz CT molecular complexity index is 357. The molecule has 0 aromatic carbocycles. The maximum Gasteiger partial charge on any atom is 0.346 e. The van der Waals surface area contributed by atoms with E-state index in [4.69, 9.17) is 5.11 Å². The number of hydrogen-bond donors (Lipinski definition) is 1. The number of hydrogen-bond acceptors (Lipinski definition) is 4. The van der Waals surface area contributed by atoms with E-state index in [-0.39, 0.29) is 0 Å². The Morgan fingerprint density at radius 3 is 3.12 bits per heavy atom. The highest BCUT2D eigenvalue weighted by Crippen LogP contribution is 2.20. The van der Waals surface area contributed by atoms with Gasteiger partial charge in [-0.05, 0) is 35.7 Å². The third-order valence-electron chi connectivity index (χ3n) is 2.65. The molecule has 0 amide bonds. The van der Waals surface area contributed by atoms with Gasteiger partial charge < -0.3 is 5.11 Å². The lowest BCUT2D eigenvalue weighted by molar-refractivity contribution is 0.0700. The van der Waals surface area contributed by atoms with E-state index < -0.39 is 5.97 Å². The maximum atomic E-state index is 11.0. The van der Waals surface area contributed by atoms with Crippen molar-refractivity contribution < 1.29 is 9.90 Å². The molecule has 0 saturated carbocycles. The van der Waals surface area contributed by atoms with Crippen LogP contribution in [0.3, 0.4) is 0 Å². The summed E-state index contributed by atoms with van der Waals surface area (Å²) in [4.78, 5) is 13.8. The zero-order valence-corrected chi connectivity index (χ0v) is 10.6. The predicted molar refractivity (Wildman–Crippen MR) is 68.5 cm³/mol. The molecule has 5 heteroatoms. The fraction of sp³-hybridized carbons (Fsp3) is 0.545. The van der Waals surface area contributed by atoms with Gasteiger partial charge in [-0.15, -0.1) is 11.3 Å². The SMILES string of the molecule is O=C(O)c1sccc1CN1CCCSCC1. The summed E-state index contributed by atoms with van der Waals surface area (Å²) < 4.78 is 0. The van der Waals surface area contributed by atoms with Crippen LogP contribution in [0.25, 0.3) is 0 Å². The lowest BCUT2D eigenvalue weighted by atomic mass is 10.2. The number of nitrogens with zero attached hydrogens (tertiary/aromatic N) is 1. The Kier molecular flexibility index (Phi) is 4.26. The van der Waals surface area contributed by atoms with E-state index >= 15 is 0 Å². The van der Waals surface area contributed by atoms with Crippen LogP contribution < -0.4 is 0 Å². The quantitative estimate of drug-likeness (QED) is 0.902. The van der Waals surface area contributed by atoms with Crippen LogP contribution in [0, 0.1) is 0 Å². The van der Waals surface area contributed by atoms with E-state index in [0.29, 0.717) is 4.88 Å². The molecular weight excluding hydrogens is 242 g/mol. The molecule has 0 spiro atoms. The highest BCUT2D eigenvalue weighted by Gasteiger charge is 2.15. The molecule has 16 heavy (non-hydrogen) atoms. The molecule has 1 fully saturated rings. The highest BCUT2D eigenvalue weighted by molar-refractivity contribution is 7.99. The molecule has 1 aliphatic rings. The fourth-order valence-electron chi connectivity index (χ4n) is 1.84. The van der Waals surface area contributed by atoms with Crippen molar-refractivity contribution in [1.82, 2.24) is 4.90 Å². The van der Waals surface area contributed by atoms with E-state index in [9.17, 15) is 4.79 Å². The molecule has 0 atom stereocenters. The molecule has 0 bridgehead atoms. The van der Waals surface area contributed by atoms with Crippen molar-refractivity contribution in [3.05, 3.63) is 21.9 Å². The number of thioether (sulfide) groups is 1. The van der Waals surface area contributed by atoms with Crippen molar-refractivity contribution in [3.63, 3.8) is 0 Å². The van der Waals surface area contributed by atoms with E-state index in [2.05, 4.69) is 4.90 Å². The van der Waals surface area contributed by atoms with Gasteiger partial charge in [-0.2, -0.15) is 11.8 Å². The molecule has 2 heterocycles. The fourth-order valence-corrected chi connectivity index (χ4v) is 3.52. The van der Waals surface area contributed by atoms with Gasteiger partial charge in [-0.1, -0.05) is 0 Å². The van der Waals surface area contributed by atoms with E-state index in [0.717, 1.165) is 31.0 Å². The second kappa shape index (κ2) is 5.70. The molecule has 3 nitrogen and oxygen atoms in total. The summed E-state index contributed by atoms with van der Waals surface area (Å²) >= 11 is 3.31. The van der Waals surface area contributed by atoms with Gasteiger partial charge in [0.25, 0.3) is 0 Å². The molecular formula is C11H15NO2S2. The summed E-state index contributed by atoms with van der Waals surface area (Å²) in [6.45, 7) is 2.94. The van der Waals surface area contributed by atoms with Crippen molar-refractivity contribution in [2.24, 2.45) is 0 Å². The van der Waals surface area contributed by atoms with Crippen LogP contribution in [0.4, 0.5) is 0 Å². The standard InChI is InChI=1S/C11H15NO2S2/c13-11(14)10-9(2-6-16-10)8-12-3-1-5-15-7-4-12/h2,6H,1,3-5,7-8H2,(H,13,14). The van der Waals surface area contributed by atoms with Gasteiger partial charge in [0.2, 0.25) is 0 Å². The van der Waals surface area contributed by atoms with Crippen LogP contribution in [0.2, 0.25) is 0 Å². The monoisotopic (exact) mass is 257 g/mol. The van der Waals surface area contributed by atoms with E-state index in [1.54, 1.807) is 0 Å². The first-order valence-corrected chi connectivity index (χ1v) is 7.40. The number of rotatable bonds is 3. The minimum Gasteiger partial charge on any atom is -0.477 e. The molecule has 1 N–H and O–H groups in total. The van der Waals surface area contributed by atoms with Gasteiger partial charge in [0.15, 0.2) is 0 Å². The van der Waals surface area contributed by atoms with Crippen LogP contribution in [0.15, 0.2) is 11.4 Å². The van der Waals surface area contributed by atoms with Crippen molar-refractivity contribution in [1.29, 1.82) is 0 Å². The topological polar surface area (TPSA) is 40.5 Å². The molecule has 0 radical (unpaired) electrons. The van der Waals surface area contributed by atoms with Crippen molar-refractivity contribution in [3.8, 4) is 0 Å². The molecule has 1 aromatic heterocycles. The van der Waals surface area contributed by atoms with Crippen LogP contribution in [-0.2, 0) is 6.54 Å². The average molecular weight is 257 g/mol. The molecule has 88 valence electrons. The minimum atomic E-state index is -0.797. The van der Waals surface area contributed by atoms with Gasteiger partial charge >= 0.3 is 5.97 Å². The van der Waals surface area contributed by atoms with E-state index in [1.807, 2.05) is 23.2 Å². The first-order chi connectivity index (χ1) is 7.77. The van der Waals surface area contributed by atoms with Gasteiger partial charge in [-0.25, -0.2) is 4.79 Å². The molecule has 0 aliphatic carbocycles. The second-order valence-corrected chi connectivity index (χ2v) is 5.96. The average Bonchev–Trinajstić information content (AvgIpc) is 2.55. The van der Waals surface area contributed by atoms with Gasteiger partial charge in [0.1, 0.15) is 4.88 Å². The predicted octanol–water partition coefficient (Wildman–Crippen LogP) is 2.39. The first-order valence-electron chi connectivity index (χ1n) is 5.37. The van der Waals surface area contributed by atoms with Crippen molar-refractivity contribution >= 4 is 29.1 Å². The zero-order chi connectivity index (χ0) is 11.4. The van der Waals surface area contributed by atoms with Gasteiger partial charge in [0, 0.05) is 18.8 Å². The first kappa shape index (κ1) is 12.0. The van der Waals surface area contributed by atoms with Crippen LogP contribution in [-0.4, -0.2) is 40.6 Å². The number of carboxylic acids is 1. The van der Waals surface area contributed by atoms with Crippen molar-refractivity contribution in [2.75, 3.05) is 24.6 Å². The van der Waals surface area contributed by atoms with Crippen LogP contribution >= 0.6 is 23.1 Å².